The number of nitrogens with zero attached hydrogens (tertiary/aromatic N) is 3. The summed E-state index contributed by atoms with van der Waals surface area (Å²) >= 11 is 0. The summed E-state index contributed by atoms with van der Waals surface area (Å²) in [5.74, 6) is 0.409. The third-order valence-electron chi connectivity index (χ3n) is 4.45. The molecule has 0 radical (unpaired) electrons. The van der Waals surface area contributed by atoms with E-state index in [1.165, 1.54) is 13.3 Å². The largest absolute Gasteiger partial charge is 0.481 e. The average molecular weight is 339 g/mol. The van der Waals surface area contributed by atoms with Gasteiger partial charge in [-0.25, -0.2) is 4.98 Å². The fourth-order valence-corrected chi connectivity index (χ4v) is 3.11. The lowest BCUT2D eigenvalue weighted by Crippen LogP contribution is -2.51. The van der Waals surface area contributed by atoms with Gasteiger partial charge in [0, 0.05) is 38.8 Å². The molecule has 1 aromatic heterocycles. The van der Waals surface area contributed by atoms with Crippen molar-refractivity contribution < 1.29 is 14.3 Å². The van der Waals surface area contributed by atoms with Crippen molar-refractivity contribution in [2.24, 2.45) is 0 Å². The maximum absolute atomic E-state index is 12.8. The van der Waals surface area contributed by atoms with Crippen LogP contribution in [0.3, 0.4) is 0 Å². The molecule has 0 aliphatic carbocycles. The van der Waals surface area contributed by atoms with Crippen molar-refractivity contribution in [1.82, 2.24) is 14.8 Å². The number of carbonyl (C=O) groups excluding carboxylic acids is 2. The smallest absolute Gasteiger partial charge is 0.255 e. The normalized spacial score (nSPS) is 17.3. The van der Waals surface area contributed by atoms with Crippen molar-refractivity contribution in [3.05, 3.63) is 59.8 Å². The van der Waals surface area contributed by atoms with E-state index in [0.717, 1.165) is 5.56 Å². The Morgan fingerprint density at radius 3 is 2.48 bits per heavy atom. The number of pyridine rings is 1. The number of ether oxygens (including phenoxy) is 1. The molecule has 0 bridgehead atoms. The predicted molar refractivity (Wildman–Crippen MR) is 93.3 cm³/mol. The Labute approximate surface area is 147 Å². The molecule has 1 saturated heterocycles. The van der Waals surface area contributed by atoms with Crippen LogP contribution in [-0.4, -0.2) is 53.3 Å². The molecule has 0 unspecified atom stereocenters. The number of benzene rings is 1. The van der Waals surface area contributed by atoms with Crippen LogP contribution in [0, 0.1) is 0 Å². The highest BCUT2D eigenvalue weighted by Gasteiger charge is 2.32. The first kappa shape index (κ1) is 17.0. The Bertz CT molecular complexity index is 746. The van der Waals surface area contributed by atoms with Gasteiger partial charge in [-0.15, -0.1) is 0 Å². The summed E-state index contributed by atoms with van der Waals surface area (Å²) in [5.41, 5.74) is 1.55. The van der Waals surface area contributed by atoms with Crippen LogP contribution in [0.2, 0.25) is 0 Å². The second kappa shape index (κ2) is 7.34. The number of amides is 2. The zero-order valence-electron chi connectivity index (χ0n) is 14.4. The monoisotopic (exact) mass is 339 g/mol. The van der Waals surface area contributed by atoms with E-state index in [4.69, 9.17) is 4.74 Å². The zero-order valence-corrected chi connectivity index (χ0v) is 14.4. The molecule has 25 heavy (non-hydrogen) atoms. The number of hydrogen-bond acceptors (Lipinski definition) is 4. The van der Waals surface area contributed by atoms with Gasteiger partial charge in [0.2, 0.25) is 11.8 Å². The first-order valence-electron chi connectivity index (χ1n) is 8.21. The molecular weight excluding hydrogens is 318 g/mol. The summed E-state index contributed by atoms with van der Waals surface area (Å²) < 4.78 is 5.03. The van der Waals surface area contributed by atoms with Gasteiger partial charge >= 0.3 is 0 Å². The molecule has 1 atom stereocenters. The van der Waals surface area contributed by atoms with Crippen LogP contribution in [0.1, 0.15) is 28.9 Å². The second-order valence-electron chi connectivity index (χ2n) is 5.98. The van der Waals surface area contributed by atoms with Gasteiger partial charge in [-0.3, -0.25) is 9.59 Å². The number of rotatable bonds is 3. The third-order valence-corrected chi connectivity index (χ3v) is 4.45. The lowest BCUT2D eigenvalue weighted by atomic mass is 10.0. The van der Waals surface area contributed by atoms with Gasteiger partial charge in [0.25, 0.3) is 5.91 Å². The van der Waals surface area contributed by atoms with E-state index in [2.05, 4.69) is 4.98 Å². The van der Waals surface area contributed by atoms with Crippen LogP contribution in [-0.2, 0) is 4.79 Å². The van der Waals surface area contributed by atoms with Gasteiger partial charge in [-0.05, 0) is 11.6 Å². The van der Waals surface area contributed by atoms with Crippen molar-refractivity contribution in [3.63, 3.8) is 0 Å². The molecule has 3 rings (SSSR count). The van der Waals surface area contributed by atoms with Crippen molar-refractivity contribution in [1.29, 1.82) is 0 Å². The molecule has 1 aromatic carbocycles. The lowest BCUT2D eigenvalue weighted by Gasteiger charge is -2.41. The van der Waals surface area contributed by atoms with Gasteiger partial charge in [0.15, 0.2) is 0 Å². The van der Waals surface area contributed by atoms with E-state index in [0.29, 0.717) is 31.1 Å². The van der Waals surface area contributed by atoms with Gasteiger partial charge in [-0.2, -0.15) is 0 Å². The van der Waals surface area contributed by atoms with Crippen LogP contribution < -0.4 is 4.74 Å². The maximum Gasteiger partial charge on any atom is 0.255 e. The fourth-order valence-electron chi connectivity index (χ4n) is 3.11. The zero-order chi connectivity index (χ0) is 17.8. The van der Waals surface area contributed by atoms with E-state index in [9.17, 15) is 9.59 Å². The van der Waals surface area contributed by atoms with E-state index in [1.54, 1.807) is 24.0 Å². The van der Waals surface area contributed by atoms with Gasteiger partial charge in [-0.1, -0.05) is 30.3 Å². The highest BCUT2D eigenvalue weighted by atomic mass is 16.5. The molecule has 6 nitrogen and oxygen atoms in total. The highest BCUT2D eigenvalue weighted by Crippen LogP contribution is 2.26. The Hall–Kier alpha value is -2.89. The van der Waals surface area contributed by atoms with Crippen molar-refractivity contribution in [2.45, 2.75) is 13.0 Å². The predicted octanol–water partition coefficient (Wildman–Crippen LogP) is 2.14. The first-order valence-corrected chi connectivity index (χ1v) is 8.21. The minimum Gasteiger partial charge on any atom is -0.481 e. The molecule has 6 heteroatoms. The minimum absolute atomic E-state index is 0.0204. The van der Waals surface area contributed by atoms with Gasteiger partial charge in [0.1, 0.15) is 0 Å². The van der Waals surface area contributed by atoms with E-state index >= 15 is 0 Å². The summed E-state index contributed by atoms with van der Waals surface area (Å²) in [4.78, 5) is 32.5. The van der Waals surface area contributed by atoms with E-state index in [-0.39, 0.29) is 17.9 Å². The summed E-state index contributed by atoms with van der Waals surface area (Å²) in [5, 5.41) is 0. The number of aromatic nitrogens is 1. The Balaban J connectivity index is 1.81. The van der Waals surface area contributed by atoms with Crippen LogP contribution >= 0.6 is 0 Å². The molecular formula is C19H21N3O3. The Morgan fingerprint density at radius 1 is 1.12 bits per heavy atom. The SMILES string of the molecule is COc1ccc(C(=O)N2CCN(C(C)=O)[C@@H](c3ccccc3)C2)cn1. The van der Waals surface area contributed by atoms with Crippen LogP contribution in [0.25, 0.3) is 0 Å². The second-order valence-corrected chi connectivity index (χ2v) is 5.98. The first-order chi connectivity index (χ1) is 12.1. The molecule has 0 spiro atoms. The van der Waals surface area contributed by atoms with Crippen molar-refractivity contribution >= 4 is 11.8 Å². The van der Waals surface area contributed by atoms with Crippen LogP contribution in [0.15, 0.2) is 48.7 Å². The number of hydrogen-bond donors (Lipinski definition) is 0. The Morgan fingerprint density at radius 2 is 1.88 bits per heavy atom. The van der Waals surface area contributed by atoms with Gasteiger partial charge in [0.05, 0.1) is 18.7 Å². The topological polar surface area (TPSA) is 62.7 Å². The lowest BCUT2D eigenvalue weighted by molar-refractivity contribution is -0.133. The van der Waals surface area contributed by atoms with E-state index in [1.807, 2.05) is 35.2 Å². The summed E-state index contributed by atoms with van der Waals surface area (Å²) in [6.07, 6.45) is 1.52. The molecule has 1 aliphatic rings. The maximum atomic E-state index is 12.8. The number of methoxy groups -OCH3 is 1. The quantitative estimate of drug-likeness (QED) is 0.859. The third kappa shape index (κ3) is 3.63. The van der Waals surface area contributed by atoms with Crippen molar-refractivity contribution in [3.8, 4) is 5.88 Å². The summed E-state index contributed by atoms with van der Waals surface area (Å²) in [6, 6.07) is 13.1. The molecule has 1 aliphatic heterocycles. The molecule has 130 valence electrons. The number of piperazine rings is 1. The molecule has 0 saturated carbocycles. The molecule has 2 heterocycles. The Kier molecular flexibility index (Phi) is 4.97. The van der Waals surface area contributed by atoms with Gasteiger partial charge < -0.3 is 14.5 Å². The average Bonchev–Trinajstić information content (AvgIpc) is 2.67. The number of carbonyl (C=O) groups is 2. The van der Waals surface area contributed by atoms with Crippen LogP contribution in [0.5, 0.6) is 5.88 Å². The molecule has 1 fully saturated rings. The summed E-state index contributed by atoms with van der Waals surface area (Å²) in [6.45, 7) is 3.06. The van der Waals surface area contributed by atoms with Crippen molar-refractivity contribution in [2.75, 3.05) is 26.7 Å². The standard InChI is InChI=1S/C19H21N3O3/c1-14(23)22-11-10-21(13-17(22)15-6-4-3-5-7-15)19(24)16-8-9-18(25-2)20-12-16/h3-9,12,17H,10-11,13H2,1-2H3/t17-/m1/s1. The summed E-state index contributed by atoms with van der Waals surface area (Å²) in [7, 11) is 1.54. The molecule has 2 amide bonds. The van der Waals surface area contributed by atoms with E-state index < -0.39 is 0 Å². The highest BCUT2D eigenvalue weighted by molar-refractivity contribution is 5.94. The molecule has 0 N–H and O–H groups in total. The molecule has 2 aromatic rings. The minimum atomic E-state index is -0.136. The fraction of sp³-hybridized carbons (Fsp3) is 0.316. The van der Waals surface area contributed by atoms with Crippen LogP contribution in [0.4, 0.5) is 0 Å².